The summed E-state index contributed by atoms with van der Waals surface area (Å²) in [5.41, 5.74) is 7.16. The van der Waals surface area contributed by atoms with Gasteiger partial charge in [0.1, 0.15) is 11.5 Å². The van der Waals surface area contributed by atoms with Crippen molar-refractivity contribution < 1.29 is 29.3 Å². The number of aryl methyl sites for hydroxylation is 2. The fourth-order valence-electron chi connectivity index (χ4n) is 7.64. The molecule has 2 saturated heterocycles. The summed E-state index contributed by atoms with van der Waals surface area (Å²) in [5, 5.41) is 28.1. The highest BCUT2D eigenvalue weighted by Gasteiger charge is 2.28. The van der Waals surface area contributed by atoms with Gasteiger partial charge in [0.15, 0.2) is 11.6 Å². The summed E-state index contributed by atoms with van der Waals surface area (Å²) in [6.45, 7) is 14.5. The molecule has 2 aliphatic heterocycles. The number of anilines is 2. The zero-order valence-corrected chi connectivity index (χ0v) is 36.1. The average Bonchev–Trinajstić information content (AvgIpc) is 3.86. The second kappa shape index (κ2) is 19.3. The average molecular weight is 849 g/mol. The lowest BCUT2D eigenvalue weighted by atomic mass is 10.1. The van der Waals surface area contributed by atoms with Gasteiger partial charge < -0.3 is 40.1 Å². The maximum absolute atomic E-state index is 11.9. The number of amides is 2. The summed E-state index contributed by atoms with van der Waals surface area (Å²) in [7, 11) is 0. The van der Waals surface area contributed by atoms with Crippen molar-refractivity contribution in [2.75, 3.05) is 36.0 Å². The number of nitrogens with one attached hydrogen (secondary N) is 2. The second-order valence-corrected chi connectivity index (χ2v) is 15.9. The summed E-state index contributed by atoms with van der Waals surface area (Å²) in [6, 6.07) is 22.5. The number of phenolic OH excluding ortho intramolecular Hbond substituents is 2. The fourth-order valence-corrected chi connectivity index (χ4v) is 7.64. The van der Waals surface area contributed by atoms with Gasteiger partial charge in [-0.3, -0.25) is 0 Å². The summed E-state index contributed by atoms with van der Waals surface area (Å²) >= 11 is 0. The number of rotatable bonds is 8. The third-order valence-corrected chi connectivity index (χ3v) is 10.3. The number of phenols is 2. The maximum atomic E-state index is 11.9. The molecule has 4 heterocycles. The third-order valence-electron chi connectivity index (χ3n) is 10.3. The van der Waals surface area contributed by atoms with Crippen molar-refractivity contribution in [3.05, 3.63) is 96.3 Å². The van der Waals surface area contributed by atoms with Crippen LogP contribution in [0.5, 0.6) is 11.5 Å². The van der Waals surface area contributed by atoms with E-state index in [1.807, 2.05) is 78.2 Å². The smallest absolute Gasteiger partial charge is 0.407 e. The quantitative estimate of drug-likeness (QED) is 0.115. The summed E-state index contributed by atoms with van der Waals surface area (Å²) in [6.07, 6.45) is 4.29. The highest BCUT2D eigenvalue weighted by Crippen LogP contribution is 2.34. The van der Waals surface area contributed by atoms with Crippen molar-refractivity contribution in [2.45, 2.75) is 78.7 Å². The minimum absolute atomic E-state index is 0. The van der Waals surface area contributed by atoms with E-state index in [0.717, 1.165) is 70.2 Å². The Kier molecular flexibility index (Phi) is 14.0. The van der Waals surface area contributed by atoms with E-state index in [1.54, 1.807) is 36.4 Å². The Morgan fingerprint density at radius 2 is 1.05 bits per heavy atom. The highest BCUT2D eigenvalue weighted by atomic mass is 35.5. The van der Waals surface area contributed by atoms with Crippen LogP contribution >= 0.6 is 12.4 Å². The minimum atomic E-state index is -0.374. The summed E-state index contributed by atoms with van der Waals surface area (Å²) in [5.74, 6) is 1.31. The van der Waals surface area contributed by atoms with Gasteiger partial charge in [0.2, 0.25) is 0 Å². The largest absolute Gasteiger partial charge is 0.507 e. The molecule has 4 N–H and O–H groups in total. The first-order valence-corrected chi connectivity index (χ1v) is 20.4. The molecule has 0 spiro atoms. The van der Waals surface area contributed by atoms with Crippen LogP contribution in [0.4, 0.5) is 21.0 Å². The Hall–Kier alpha value is -6.41. The maximum Gasteiger partial charge on any atom is 0.407 e. The van der Waals surface area contributed by atoms with Crippen LogP contribution in [0.2, 0.25) is 0 Å². The Balaban J connectivity index is 0.000000201. The number of alkyl carbamates (subject to hydrolysis) is 2. The SMILES string of the molecule is Cc1cc(N2CC[C@@H](NC(=O)OC(C)C)C2)c2cnc(-c3ccccc3O)nc2c1.Cc1cc(N2CC[C@@H](NC(=O)OC(C)C)C2)c2cnc(-c3ccccc3O)nc2c1.Cl. The van der Waals surface area contributed by atoms with E-state index in [2.05, 4.69) is 42.5 Å². The predicted molar refractivity (Wildman–Crippen MR) is 241 cm³/mol. The number of hydrogen-bond acceptors (Lipinski definition) is 12. The number of aromatic nitrogens is 4. The fraction of sp³-hybridized carbons (Fsp3) is 0.348. The number of carbonyl (C=O) groups is 2. The van der Waals surface area contributed by atoms with Gasteiger partial charge in [-0.15, -0.1) is 12.4 Å². The lowest BCUT2D eigenvalue weighted by Crippen LogP contribution is -2.38. The molecule has 2 atom stereocenters. The van der Waals surface area contributed by atoms with Crippen molar-refractivity contribution in [3.63, 3.8) is 0 Å². The molecule has 14 nitrogen and oxygen atoms in total. The zero-order valence-electron chi connectivity index (χ0n) is 35.3. The number of hydrogen-bond donors (Lipinski definition) is 4. The third kappa shape index (κ3) is 10.7. The van der Waals surface area contributed by atoms with Crippen LogP contribution in [-0.2, 0) is 9.47 Å². The molecule has 0 aliphatic carbocycles. The normalized spacial score (nSPS) is 16.0. The monoisotopic (exact) mass is 848 g/mol. The lowest BCUT2D eigenvalue weighted by Gasteiger charge is -2.22. The second-order valence-electron chi connectivity index (χ2n) is 15.9. The number of aromatic hydroxyl groups is 2. The lowest BCUT2D eigenvalue weighted by molar-refractivity contribution is 0.112. The van der Waals surface area contributed by atoms with Gasteiger partial charge in [0.25, 0.3) is 0 Å². The Morgan fingerprint density at radius 1 is 0.656 bits per heavy atom. The molecule has 2 amide bonds. The highest BCUT2D eigenvalue weighted by molar-refractivity contribution is 5.94. The molecule has 15 heteroatoms. The molecular weight excluding hydrogens is 796 g/mol. The zero-order chi connectivity index (χ0) is 42.5. The molecule has 0 bridgehead atoms. The van der Waals surface area contributed by atoms with Gasteiger partial charge in [-0.2, -0.15) is 0 Å². The first kappa shape index (κ1) is 44.2. The standard InChI is InChI=1S/2C23H26N4O3.ClH/c2*1-14(2)30-23(29)25-16-8-9-27(13-16)20-11-15(3)10-19-18(20)12-24-22(26-19)17-6-4-5-7-21(17)28;/h2*4-7,10-12,14,16,28H,8-9,13H2,1-3H3,(H,25,29);1H/t2*16-;/m11./s1. The number of para-hydroxylation sites is 2. The summed E-state index contributed by atoms with van der Waals surface area (Å²) < 4.78 is 10.4. The van der Waals surface area contributed by atoms with Gasteiger partial charge >= 0.3 is 12.2 Å². The number of ether oxygens (including phenoxy) is 2. The van der Waals surface area contributed by atoms with Crippen LogP contribution < -0.4 is 20.4 Å². The molecule has 4 aromatic carbocycles. The number of benzene rings is 4. The Bertz CT molecular complexity index is 2350. The molecule has 2 aromatic heterocycles. The molecular formula is C46H53ClN8O6. The Morgan fingerprint density at radius 3 is 1.43 bits per heavy atom. The van der Waals surface area contributed by atoms with Crippen molar-refractivity contribution in [1.29, 1.82) is 0 Å². The molecule has 2 fully saturated rings. The first-order chi connectivity index (χ1) is 28.8. The number of carbonyl (C=O) groups excluding carboxylic acids is 2. The predicted octanol–water partition coefficient (Wildman–Crippen LogP) is 8.47. The Labute approximate surface area is 361 Å². The molecule has 2 aliphatic rings. The minimum Gasteiger partial charge on any atom is -0.507 e. The van der Waals surface area contributed by atoms with Gasteiger partial charge in [-0.1, -0.05) is 24.3 Å². The summed E-state index contributed by atoms with van der Waals surface area (Å²) in [4.78, 5) is 46.8. The van der Waals surface area contributed by atoms with Crippen molar-refractivity contribution in [1.82, 2.24) is 30.6 Å². The van der Waals surface area contributed by atoms with E-state index in [0.29, 0.717) is 35.9 Å². The first-order valence-electron chi connectivity index (χ1n) is 20.4. The van der Waals surface area contributed by atoms with E-state index < -0.39 is 0 Å². The van der Waals surface area contributed by atoms with E-state index in [-0.39, 0.29) is 60.4 Å². The van der Waals surface area contributed by atoms with E-state index in [9.17, 15) is 19.8 Å². The van der Waals surface area contributed by atoms with Gasteiger partial charge in [-0.25, -0.2) is 29.5 Å². The molecule has 0 radical (unpaired) electrons. The molecule has 0 saturated carbocycles. The molecule has 61 heavy (non-hydrogen) atoms. The molecule has 0 unspecified atom stereocenters. The molecule has 6 aromatic rings. The van der Waals surface area contributed by atoms with E-state index in [4.69, 9.17) is 19.4 Å². The van der Waals surface area contributed by atoms with Crippen molar-refractivity contribution >= 4 is 57.8 Å². The topological polar surface area (TPSA) is 175 Å². The van der Waals surface area contributed by atoms with Gasteiger partial charge in [0, 0.05) is 60.7 Å². The van der Waals surface area contributed by atoms with E-state index >= 15 is 0 Å². The van der Waals surface area contributed by atoms with Crippen LogP contribution in [-0.4, -0.2) is 92.8 Å². The van der Waals surface area contributed by atoms with Crippen LogP contribution in [0.25, 0.3) is 44.6 Å². The van der Waals surface area contributed by atoms with Crippen molar-refractivity contribution in [3.8, 4) is 34.3 Å². The van der Waals surface area contributed by atoms with Crippen molar-refractivity contribution in [2.24, 2.45) is 0 Å². The van der Waals surface area contributed by atoms with Crippen LogP contribution in [0, 0.1) is 13.8 Å². The molecule has 320 valence electrons. The number of fused-ring (bicyclic) bond motifs is 2. The van der Waals surface area contributed by atoms with Gasteiger partial charge in [-0.05, 0) is 114 Å². The molecule has 8 rings (SSSR count). The number of halogens is 1. The van der Waals surface area contributed by atoms with Crippen LogP contribution in [0.1, 0.15) is 51.7 Å². The van der Waals surface area contributed by atoms with Crippen LogP contribution in [0.15, 0.2) is 85.2 Å². The number of nitrogens with zero attached hydrogens (tertiary/aromatic N) is 6. The van der Waals surface area contributed by atoms with Gasteiger partial charge in [0.05, 0.1) is 46.5 Å². The van der Waals surface area contributed by atoms with Crippen LogP contribution in [0.3, 0.4) is 0 Å². The van der Waals surface area contributed by atoms with E-state index in [1.165, 1.54) is 0 Å².